The van der Waals surface area contributed by atoms with Crippen LogP contribution >= 0.6 is 15.9 Å². The van der Waals surface area contributed by atoms with Crippen molar-refractivity contribution in [2.45, 2.75) is 25.7 Å². The van der Waals surface area contributed by atoms with Crippen molar-refractivity contribution in [1.82, 2.24) is 0 Å². The average molecular weight is 243 g/mol. The maximum Gasteiger partial charge on any atom is 0.170 e. The van der Waals surface area contributed by atoms with E-state index < -0.39 is 0 Å². The lowest BCUT2D eigenvalue weighted by atomic mass is 10.1. The van der Waals surface area contributed by atoms with E-state index in [2.05, 4.69) is 15.9 Å². The molecular weight excluding hydrogens is 232 g/mol. The van der Waals surface area contributed by atoms with Crippen molar-refractivity contribution in [3.63, 3.8) is 0 Å². The van der Waals surface area contributed by atoms with Crippen LogP contribution in [0.25, 0.3) is 0 Å². The molecule has 0 amide bonds. The highest BCUT2D eigenvalue weighted by molar-refractivity contribution is 9.10. The molecule has 1 fully saturated rings. The molecule has 1 aliphatic rings. The zero-order chi connectivity index (χ0) is 9.26. The normalized spacial score (nSPS) is 16.1. The van der Waals surface area contributed by atoms with Crippen molar-refractivity contribution < 1.29 is 9.21 Å². The molecule has 0 aromatic carbocycles. The number of rotatable bonds is 4. The Labute approximate surface area is 85.4 Å². The highest BCUT2D eigenvalue weighted by atomic mass is 79.9. The summed E-state index contributed by atoms with van der Waals surface area (Å²) >= 11 is 3.22. The van der Waals surface area contributed by atoms with Crippen LogP contribution in [0, 0.1) is 5.92 Å². The van der Waals surface area contributed by atoms with E-state index in [1.54, 1.807) is 6.07 Å². The van der Waals surface area contributed by atoms with E-state index in [4.69, 9.17) is 4.42 Å². The van der Waals surface area contributed by atoms with Gasteiger partial charge >= 0.3 is 0 Å². The Morgan fingerprint density at radius 1 is 1.62 bits per heavy atom. The van der Waals surface area contributed by atoms with Crippen LogP contribution in [0.4, 0.5) is 0 Å². The van der Waals surface area contributed by atoms with Crippen molar-refractivity contribution in [2.75, 3.05) is 0 Å². The van der Waals surface area contributed by atoms with Crippen molar-refractivity contribution in [3.05, 3.63) is 22.1 Å². The van der Waals surface area contributed by atoms with Crippen LogP contribution in [-0.4, -0.2) is 6.29 Å². The lowest BCUT2D eigenvalue weighted by Gasteiger charge is -1.95. The van der Waals surface area contributed by atoms with E-state index in [-0.39, 0.29) is 0 Å². The number of carbonyl (C=O) groups excluding carboxylic acids is 1. The molecule has 0 unspecified atom stereocenters. The molecule has 0 atom stereocenters. The van der Waals surface area contributed by atoms with Gasteiger partial charge in [0, 0.05) is 12.5 Å². The molecule has 2 nitrogen and oxygen atoms in total. The molecule has 0 saturated heterocycles. The van der Waals surface area contributed by atoms with Gasteiger partial charge in [-0.05, 0) is 28.3 Å². The maximum absolute atomic E-state index is 10.6. The molecule has 0 radical (unpaired) electrons. The predicted octanol–water partition coefficient (Wildman–Crippen LogP) is 3.20. The first kappa shape index (κ1) is 9.00. The van der Waals surface area contributed by atoms with E-state index in [1.165, 1.54) is 12.8 Å². The highest BCUT2D eigenvalue weighted by Crippen LogP contribution is 2.34. The van der Waals surface area contributed by atoms with Crippen LogP contribution < -0.4 is 0 Å². The minimum absolute atomic E-state index is 0.653. The molecule has 70 valence electrons. The van der Waals surface area contributed by atoms with Gasteiger partial charge in [0.25, 0.3) is 0 Å². The fourth-order valence-corrected chi connectivity index (χ4v) is 1.89. The van der Waals surface area contributed by atoms with Gasteiger partial charge in [-0.25, -0.2) is 0 Å². The molecule has 1 saturated carbocycles. The molecule has 0 N–H and O–H groups in total. The predicted molar refractivity (Wildman–Crippen MR) is 52.8 cm³/mol. The molecule has 1 aliphatic carbocycles. The largest absolute Gasteiger partial charge is 0.454 e. The van der Waals surface area contributed by atoms with E-state index in [1.807, 2.05) is 0 Å². The third-order valence-electron chi connectivity index (χ3n) is 2.42. The fourth-order valence-electron chi connectivity index (χ4n) is 1.45. The summed E-state index contributed by atoms with van der Waals surface area (Å²) in [7, 11) is 0. The minimum atomic E-state index is 0.653. The van der Waals surface area contributed by atoms with Gasteiger partial charge in [-0.2, -0.15) is 0 Å². The summed E-state index contributed by atoms with van der Waals surface area (Å²) < 4.78 is 6.02. The van der Waals surface area contributed by atoms with Gasteiger partial charge in [-0.1, -0.05) is 12.8 Å². The Morgan fingerprint density at radius 2 is 2.38 bits per heavy atom. The molecule has 13 heavy (non-hydrogen) atoms. The Morgan fingerprint density at radius 3 is 3.00 bits per heavy atom. The second-order valence-corrected chi connectivity index (χ2v) is 4.31. The van der Waals surface area contributed by atoms with Crippen molar-refractivity contribution in [1.29, 1.82) is 0 Å². The van der Waals surface area contributed by atoms with Gasteiger partial charge in [0.2, 0.25) is 0 Å². The van der Waals surface area contributed by atoms with Crippen LogP contribution in [0.5, 0.6) is 0 Å². The molecule has 3 heteroatoms. The molecule has 0 aliphatic heterocycles. The number of carbonyl (C=O) groups is 1. The summed E-state index contributed by atoms with van der Waals surface area (Å²) in [5.74, 6) is 1.71. The summed E-state index contributed by atoms with van der Waals surface area (Å²) in [5, 5.41) is 0. The topological polar surface area (TPSA) is 30.2 Å². The number of furan rings is 1. The second-order valence-electron chi connectivity index (χ2n) is 3.53. The average Bonchev–Trinajstić information content (AvgIpc) is 2.87. The smallest absolute Gasteiger partial charge is 0.170 e. The molecule has 1 aromatic rings. The van der Waals surface area contributed by atoms with Crippen LogP contribution in [0.15, 0.2) is 15.2 Å². The maximum atomic E-state index is 10.6. The summed E-state index contributed by atoms with van der Waals surface area (Å²) in [6.07, 6.45) is 5.60. The number of aryl methyl sites for hydroxylation is 1. The van der Waals surface area contributed by atoms with Crippen LogP contribution in [-0.2, 0) is 6.42 Å². The van der Waals surface area contributed by atoms with Gasteiger partial charge in [0.15, 0.2) is 11.0 Å². The molecule has 2 rings (SSSR count). The van der Waals surface area contributed by atoms with Crippen LogP contribution in [0.2, 0.25) is 0 Å². The Hall–Kier alpha value is -0.570. The molecule has 0 spiro atoms. The summed E-state index contributed by atoms with van der Waals surface area (Å²) in [6, 6.07) is 1.73. The second kappa shape index (κ2) is 3.66. The van der Waals surface area contributed by atoms with Crippen LogP contribution in [0.1, 0.15) is 35.4 Å². The van der Waals surface area contributed by atoms with Crippen molar-refractivity contribution >= 4 is 22.2 Å². The van der Waals surface area contributed by atoms with Crippen molar-refractivity contribution in [3.8, 4) is 0 Å². The number of hydrogen-bond acceptors (Lipinski definition) is 2. The number of hydrogen-bond donors (Lipinski definition) is 0. The zero-order valence-corrected chi connectivity index (χ0v) is 8.84. The zero-order valence-electron chi connectivity index (χ0n) is 7.25. The molecule has 1 aromatic heterocycles. The molecule has 0 bridgehead atoms. The monoisotopic (exact) mass is 242 g/mol. The van der Waals surface area contributed by atoms with Gasteiger partial charge in [-0.3, -0.25) is 4.79 Å². The first-order valence-corrected chi connectivity index (χ1v) is 5.32. The number of halogens is 1. The lowest BCUT2D eigenvalue weighted by Crippen LogP contribution is -1.88. The molecule has 1 heterocycles. The third-order valence-corrected chi connectivity index (χ3v) is 2.81. The van der Waals surface area contributed by atoms with E-state index in [0.717, 1.165) is 30.8 Å². The quantitative estimate of drug-likeness (QED) is 0.760. The van der Waals surface area contributed by atoms with E-state index in [0.29, 0.717) is 10.2 Å². The highest BCUT2D eigenvalue weighted by Gasteiger charge is 2.22. The van der Waals surface area contributed by atoms with Gasteiger partial charge in [-0.15, -0.1) is 0 Å². The van der Waals surface area contributed by atoms with Crippen molar-refractivity contribution in [2.24, 2.45) is 5.92 Å². The fraction of sp³-hybridized carbons (Fsp3) is 0.500. The first-order valence-electron chi connectivity index (χ1n) is 4.53. The number of aldehydes is 1. The summed E-state index contributed by atoms with van der Waals surface area (Å²) in [4.78, 5) is 10.6. The van der Waals surface area contributed by atoms with Gasteiger partial charge in [0.1, 0.15) is 5.76 Å². The lowest BCUT2D eigenvalue weighted by molar-refractivity contribution is 0.112. The molecular formula is C10H11BrO2. The third kappa shape index (κ3) is 2.21. The van der Waals surface area contributed by atoms with E-state index >= 15 is 0 Å². The van der Waals surface area contributed by atoms with Gasteiger partial charge < -0.3 is 4.42 Å². The Balaban J connectivity index is 2.03. The van der Waals surface area contributed by atoms with E-state index in [9.17, 15) is 4.79 Å². The minimum Gasteiger partial charge on any atom is -0.454 e. The Kier molecular flexibility index (Phi) is 2.54. The first-order chi connectivity index (χ1) is 6.29. The van der Waals surface area contributed by atoms with Crippen LogP contribution in [0.3, 0.4) is 0 Å². The SMILES string of the molecule is O=Cc1cc(Br)oc1CCC1CC1. The summed E-state index contributed by atoms with van der Waals surface area (Å²) in [6.45, 7) is 0. The standard InChI is InChI=1S/C10H11BrO2/c11-10-5-8(6-12)9(13-10)4-3-7-1-2-7/h5-7H,1-4H2. The summed E-state index contributed by atoms with van der Waals surface area (Å²) in [5.41, 5.74) is 0.688. The van der Waals surface area contributed by atoms with Gasteiger partial charge in [0.05, 0.1) is 5.56 Å². The Bertz CT molecular complexity index is 313.